The molecule has 0 fully saturated rings. The standard InChI is InChI=1S/C18H18O4/c1-19-14-8-5-13(6-9-14)7-10-16-17(21-3)11-15(20-2)12-18(16)22-4/h5-6,8-9,11-12H,1-4H3. The molecule has 0 unspecified atom stereocenters. The third-order valence-electron chi connectivity index (χ3n) is 3.14. The second kappa shape index (κ2) is 7.28. The molecular weight excluding hydrogens is 280 g/mol. The first kappa shape index (κ1) is 15.6. The first-order valence-electron chi connectivity index (χ1n) is 6.68. The van der Waals surface area contributed by atoms with Crippen LogP contribution in [-0.4, -0.2) is 28.4 Å². The van der Waals surface area contributed by atoms with E-state index < -0.39 is 0 Å². The van der Waals surface area contributed by atoms with Crippen molar-refractivity contribution in [1.29, 1.82) is 0 Å². The molecule has 114 valence electrons. The van der Waals surface area contributed by atoms with Gasteiger partial charge in [0.25, 0.3) is 0 Å². The van der Waals surface area contributed by atoms with Gasteiger partial charge in [-0.05, 0) is 24.3 Å². The highest BCUT2D eigenvalue weighted by Gasteiger charge is 2.11. The van der Waals surface area contributed by atoms with Gasteiger partial charge in [0.1, 0.15) is 28.6 Å². The van der Waals surface area contributed by atoms with Gasteiger partial charge in [-0.2, -0.15) is 0 Å². The van der Waals surface area contributed by atoms with Crippen molar-refractivity contribution in [2.45, 2.75) is 0 Å². The maximum Gasteiger partial charge on any atom is 0.141 e. The van der Waals surface area contributed by atoms with Crippen LogP contribution in [0.4, 0.5) is 0 Å². The topological polar surface area (TPSA) is 36.9 Å². The summed E-state index contributed by atoms with van der Waals surface area (Å²) in [7, 11) is 6.41. The van der Waals surface area contributed by atoms with Crippen LogP contribution in [0.25, 0.3) is 0 Å². The molecule has 0 atom stereocenters. The largest absolute Gasteiger partial charge is 0.497 e. The summed E-state index contributed by atoms with van der Waals surface area (Å²) in [6.45, 7) is 0. The van der Waals surface area contributed by atoms with Gasteiger partial charge in [0.2, 0.25) is 0 Å². The molecule has 0 aliphatic rings. The molecule has 2 aromatic carbocycles. The monoisotopic (exact) mass is 298 g/mol. The Hall–Kier alpha value is -2.80. The summed E-state index contributed by atoms with van der Waals surface area (Å²) in [6, 6.07) is 11.1. The van der Waals surface area contributed by atoms with E-state index in [2.05, 4.69) is 11.8 Å². The highest BCUT2D eigenvalue weighted by Crippen LogP contribution is 2.33. The van der Waals surface area contributed by atoms with E-state index in [-0.39, 0.29) is 0 Å². The zero-order valence-corrected chi connectivity index (χ0v) is 13.1. The van der Waals surface area contributed by atoms with Crippen LogP contribution in [-0.2, 0) is 0 Å². The van der Waals surface area contributed by atoms with E-state index >= 15 is 0 Å². The van der Waals surface area contributed by atoms with E-state index in [1.165, 1.54) is 0 Å². The molecule has 2 aromatic rings. The van der Waals surface area contributed by atoms with Crippen LogP contribution in [0.2, 0.25) is 0 Å². The van der Waals surface area contributed by atoms with Crippen LogP contribution in [0.1, 0.15) is 11.1 Å². The number of hydrogen-bond donors (Lipinski definition) is 0. The van der Waals surface area contributed by atoms with E-state index in [4.69, 9.17) is 18.9 Å². The molecule has 4 heteroatoms. The maximum absolute atomic E-state index is 5.37. The fraction of sp³-hybridized carbons (Fsp3) is 0.222. The SMILES string of the molecule is COc1ccc(C#Cc2c(OC)cc(OC)cc2OC)cc1. The first-order chi connectivity index (χ1) is 10.7. The predicted molar refractivity (Wildman–Crippen MR) is 85.1 cm³/mol. The van der Waals surface area contributed by atoms with Crippen LogP contribution < -0.4 is 18.9 Å². The Balaban J connectivity index is 2.41. The highest BCUT2D eigenvalue weighted by molar-refractivity contribution is 5.60. The molecule has 2 rings (SSSR count). The fourth-order valence-electron chi connectivity index (χ4n) is 1.94. The normalized spacial score (nSPS) is 9.45. The lowest BCUT2D eigenvalue weighted by Gasteiger charge is -2.11. The molecule has 0 amide bonds. The molecule has 0 aliphatic heterocycles. The molecule has 0 saturated heterocycles. The minimum absolute atomic E-state index is 0.609. The average molecular weight is 298 g/mol. The van der Waals surface area contributed by atoms with Gasteiger partial charge in [0.05, 0.1) is 28.4 Å². The molecule has 0 N–H and O–H groups in total. The number of hydrogen-bond acceptors (Lipinski definition) is 4. The van der Waals surface area contributed by atoms with E-state index in [0.717, 1.165) is 11.3 Å². The van der Waals surface area contributed by atoms with Gasteiger partial charge in [-0.3, -0.25) is 0 Å². The summed E-state index contributed by atoms with van der Waals surface area (Å²) >= 11 is 0. The van der Waals surface area contributed by atoms with E-state index in [1.54, 1.807) is 40.6 Å². The maximum atomic E-state index is 5.37. The number of ether oxygens (including phenoxy) is 4. The number of rotatable bonds is 4. The zero-order valence-electron chi connectivity index (χ0n) is 13.1. The average Bonchev–Trinajstić information content (AvgIpc) is 2.59. The van der Waals surface area contributed by atoms with Gasteiger partial charge >= 0.3 is 0 Å². The van der Waals surface area contributed by atoms with Crippen LogP contribution in [0.3, 0.4) is 0 Å². The van der Waals surface area contributed by atoms with Gasteiger partial charge < -0.3 is 18.9 Å². The molecule has 0 heterocycles. The molecule has 0 radical (unpaired) electrons. The van der Waals surface area contributed by atoms with Gasteiger partial charge in [-0.15, -0.1) is 0 Å². The van der Waals surface area contributed by atoms with E-state index in [0.29, 0.717) is 22.8 Å². The lowest BCUT2D eigenvalue weighted by molar-refractivity contribution is 0.374. The Morgan fingerprint density at radius 1 is 0.636 bits per heavy atom. The van der Waals surface area contributed by atoms with Crippen molar-refractivity contribution in [2.24, 2.45) is 0 Å². The van der Waals surface area contributed by atoms with Crippen LogP contribution in [0.15, 0.2) is 36.4 Å². The molecule has 22 heavy (non-hydrogen) atoms. The van der Waals surface area contributed by atoms with Crippen molar-refractivity contribution in [3.63, 3.8) is 0 Å². The van der Waals surface area contributed by atoms with Crippen LogP contribution in [0, 0.1) is 11.8 Å². The van der Waals surface area contributed by atoms with E-state index in [9.17, 15) is 0 Å². The third-order valence-corrected chi connectivity index (χ3v) is 3.14. The fourth-order valence-corrected chi connectivity index (χ4v) is 1.94. The third kappa shape index (κ3) is 3.44. The minimum Gasteiger partial charge on any atom is -0.497 e. The second-order valence-electron chi connectivity index (χ2n) is 4.39. The van der Waals surface area contributed by atoms with Crippen molar-refractivity contribution in [2.75, 3.05) is 28.4 Å². The van der Waals surface area contributed by atoms with Crippen LogP contribution >= 0.6 is 0 Å². The smallest absolute Gasteiger partial charge is 0.141 e. The van der Waals surface area contributed by atoms with Crippen molar-refractivity contribution in [3.05, 3.63) is 47.5 Å². The molecule has 0 saturated carbocycles. The summed E-state index contributed by atoms with van der Waals surface area (Å²) in [6.07, 6.45) is 0. The Morgan fingerprint density at radius 2 is 1.18 bits per heavy atom. The predicted octanol–water partition coefficient (Wildman–Crippen LogP) is 3.12. The lowest BCUT2D eigenvalue weighted by atomic mass is 10.1. The van der Waals surface area contributed by atoms with Gasteiger partial charge in [0.15, 0.2) is 0 Å². The van der Waals surface area contributed by atoms with Crippen molar-refractivity contribution >= 4 is 0 Å². The lowest BCUT2D eigenvalue weighted by Crippen LogP contribution is -1.95. The zero-order chi connectivity index (χ0) is 15.9. The summed E-state index contributed by atoms with van der Waals surface area (Å²) in [4.78, 5) is 0. The molecule has 0 aromatic heterocycles. The molecule has 4 nitrogen and oxygen atoms in total. The summed E-state index contributed by atoms with van der Waals surface area (Å²) in [5, 5.41) is 0. The number of methoxy groups -OCH3 is 4. The van der Waals surface area contributed by atoms with Gasteiger partial charge in [-0.25, -0.2) is 0 Å². The second-order valence-corrected chi connectivity index (χ2v) is 4.39. The first-order valence-corrected chi connectivity index (χ1v) is 6.68. The Bertz CT molecular complexity index is 668. The van der Waals surface area contributed by atoms with Crippen LogP contribution in [0.5, 0.6) is 23.0 Å². The van der Waals surface area contributed by atoms with Crippen molar-refractivity contribution < 1.29 is 18.9 Å². The Kier molecular flexibility index (Phi) is 5.16. The van der Waals surface area contributed by atoms with Gasteiger partial charge in [-0.1, -0.05) is 11.8 Å². The molecular formula is C18H18O4. The quantitative estimate of drug-likeness (QED) is 0.813. The van der Waals surface area contributed by atoms with Crippen molar-refractivity contribution in [1.82, 2.24) is 0 Å². The highest BCUT2D eigenvalue weighted by atomic mass is 16.5. The Labute approximate surface area is 130 Å². The van der Waals surface area contributed by atoms with Crippen molar-refractivity contribution in [3.8, 4) is 34.8 Å². The number of benzene rings is 2. The summed E-state index contributed by atoms with van der Waals surface area (Å²) in [5.41, 5.74) is 1.56. The van der Waals surface area contributed by atoms with Gasteiger partial charge in [0, 0.05) is 17.7 Å². The molecule has 0 aliphatic carbocycles. The minimum atomic E-state index is 0.609. The molecule has 0 spiro atoms. The summed E-state index contributed by atoms with van der Waals surface area (Å²) < 4.78 is 21.1. The van der Waals surface area contributed by atoms with E-state index in [1.807, 2.05) is 24.3 Å². The Morgan fingerprint density at radius 3 is 1.64 bits per heavy atom. The molecule has 0 bridgehead atoms. The summed E-state index contributed by atoms with van der Waals surface area (Å²) in [5.74, 6) is 8.85.